The minimum absolute atomic E-state index is 0.0492. The van der Waals surface area contributed by atoms with Gasteiger partial charge in [0.1, 0.15) is 6.07 Å². The molecule has 0 heterocycles. The van der Waals surface area contributed by atoms with Gasteiger partial charge < -0.3 is 5.21 Å². The molecule has 3 heteroatoms. The first-order valence-corrected chi connectivity index (χ1v) is 4.47. The fourth-order valence-electron chi connectivity index (χ4n) is 0.975. The Morgan fingerprint density at radius 3 is 2.36 bits per heavy atom. The first-order chi connectivity index (χ1) is 6.79. The molecule has 0 aliphatic rings. The van der Waals surface area contributed by atoms with Crippen LogP contribution in [0.15, 0.2) is 29.4 Å². The lowest BCUT2D eigenvalue weighted by molar-refractivity contribution is 0.320. The number of nitriles is 1. The van der Waals surface area contributed by atoms with E-state index in [4.69, 9.17) is 10.5 Å². The summed E-state index contributed by atoms with van der Waals surface area (Å²) in [7, 11) is 0. The summed E-state index contributed by atoms with van der Waals surface area (Å²) >= 11 is 0. The molecule has 0 atom stereocenters. The minimum atomic E-state index is 0.0492. The van der Waals surface area contributed by atoms with Crippen molar-refractivity contribution in [2.45, 2.75) is 20.8 Å². The van der Waals surface area contributed by atoms with Gasteiger partial charge in [-0.15, -0.1) is 0 Å². The van der Waals surface area contributed by atoms with Crippen LogP contribution in [0, 0.1) is 18.3 Å². The van der Waals surface area contributed by atoms with Crippen molar-refractivity contribution in [3.63, 3.8) is 0 Å². The van der Waals surface area contributed by atoms with Crippen molar-refractivity contribution in [2.24, 2.45) is 5.16 Å². The van der Waals surface area contributed by atoms with Gasteiger partial charge in [0.05, 0.1) is 0 Å². The third-order valence-corrected chi connectivity index (χ3v) is 1.61. The highest BCUT2D eigenvalue weighted by Crippen LogP contribution is 2.07. The van der Waals surface area contributed by atoms with E-state index in [0.717, 1.165) is 5.56 Å². The molecule has 0 amide bonds. The van der Waals surface area contributed by atoms with Crippen molar-refractivity contribution in [2.75, 3.05) is 0 Å². The monoisotopic (exact) mass is 190 g/mol. The van der Waals surface area contributed by atoms with Gasteiger partial charge in [-0.1, -0.05) is 43.3 Å². The molecule has 3 nitrogen and oxygen atoms in total. The summed E-state index contributed by atoms with van der Waals surface area (Å²) in [4.78, 5) is 0. The molecule has 0 aliphatic heterocycles. The zero-order chi connectivity index (χ0) is 11.0. The highest BCUT2D eigenvalue weighted by Gasteiger charge is 2.04. The molecular formula is C11H14N2O. The van der Waals surface area contributed by atoms with Crippen LogP contribution >= 0.6 is 0 Å². The van der Waals surface area contributed by atoms with Crippen LogP contribution in [0.3, 0.4) is 0 Å². The molecule has 1 aromatic carbocycles. The van der Waals surface area contributed by atoms with Crippen LogP contribution in [-0.2, 0) is 0 Å². The van der Waals surface area contributed by atoms with Crippen LogP contribution < -0.4 is 0 Å². The Hall–Kier alpha value is -1.82. The quantitative estimate of drug-likeness (QED) is 0.420. The van der Waals surface area contributed by atoms with E-state index in [0.29, 0.717) is 5.56 Å². The second-order valence-electron chi connectivity index (χ2n) is 2.38. The first-order valence-electron chi connectivity index (χ1n) is 4.47. The number of hydrogen-bond donors (Lipinski definition) is 1. The van der Waals surface area contributed by atoms with Crippen molar-refractivity contribution in [3.8, 4) is 6.07 Å². The third-order valence-electron chi connectivity index (χ3n) is 1.61. The fraction of sp³-hybridized carbons (Fsp3) is 0.273. The van der Waals surface area contributed by atoms with Gasteiger partial charge in [0, 0.05) is 5.56 Å². The molecule has 1 N–H and O–H groups in total. The average Bonchev–Trinajstić information content (AvgIpc) is 2.25. The van der Waals surface area contributed by atoms with Gasteiger partial charge in [-0.2, -0.15) is 5.26 Å². The van der Waals surface area contributed by atoms with Gasteiger partial charge in [0.25, 0.3) is 0 Å². The van der Waals surface area contributed by atoms with Crippen LogP contribution in [0.25, 0.3) is 0 Å². The number of oxime groups is 1. The molecule has 14 heavy (non-hydrogen) atoms. The SMILES string of the molecule is CC.Cc1ccccc1C(C#N)=NO. The maximum Gasteiger partial charge on any atom is 0.186 e. The summed E-state index contributed by atoms with van der Waals surface area (Å²) in [6.07, 6.45) is 0. The lowest BCUT2D eigenvalue weighted by Crippen LogP contribution is -1.99. The third kappa shape index (κ3) is 2.91. The molecule has 0 unspecified atom stereocenters. The van der Waals surface area contributed by atoms with E-state index < -0.39 is 0 Å². The molecule has 0 fully saturated rings. The Morgan fingerprint density at radius 1 is 1.36 bits per heavy atom. The second kappa shape index (κ2) is 6.67. The van der Waals surface area contributed by atoms with Crippen molar-refractivity contribution in [1.29, 1.82) is 5.26 Å². The summed E-state index contributed by atoms with van der Waals surface area (Å²) in [6, 6.07) is 9.07. The van der Waals surface area contributed by atoms with Crippen molar-refractivity contribution in [3.05, 3.63) is 35.4 Å². The molecule has 1 rings (SSSR count). The second-order valence-corrected chi connectivity index (χ2v) is 2.38. The summed E-state index contributed by atoms with van der Waals surface area (Å²) in [6.45, 7) is 5.86. The van der Waals surface area contributed by atoms with Crippen LogP contribution in [0.4, 0.5) is 0 Å². The highest BCUT2D eigenvalue weighted by atomic mass is 16.4. The number of rotatable bonds is 1. The predicted octanol–water partition coefficient (Wildman–Crippen LogP) is 2.72. The van der Waals surface area contributed by atoms with E-state index in [1.54, 1.807) is 12.1 Å². The molecule has 74 valence electrons. The maximum absolute atomic E-state index is 8.56. The van der Waals surface area contributed by atoms with Gasteiger partial charge in [-0.05, 0) is 12.5 Å². The van der Waals surface area contributed by atoms with E-state index in [9.17, 15) is 0 Å². The van der Waals surface area contributed by atoms with E-state index in [1.807, 2.05) is 39.0 Å². The first kappa shape index (κ1) is 12.2. The van der Waals surface area contributed by atoms with E-state index in [2.05, 4.69) is 5.16 Å². The lowest BCUT2D eigenvalue weighted by Gasteiger charge is -1.99. The molecule has 0 spiro atoms. The van der Waals surface area contributed by atoms with Gasteiger partial charge in [0.2, 0.25) is 0 Å². The van der Waals surface area contributed by atoms with Crippen molar-refractivity contribution >= 4 is 5.71 Å². The Bertz CT molecular complexity index is 351. The van der Waals surface area contributed by atoms with Crippen molar-refractivity contribution < 1.29 is 5.21 Å². The van der Waals surface area contributed by atoms with Gasteiger partial charge in [-0.3, -0.25) is 0 Å². The number of nitrogens with zero attached hydrogens (tertiary/aromatic N) is 2. The molecule has 1 aromatic rings. The Kier molecular flexibility index (Phi) is 5.80. The molecule has 0 radical (unpaired) electrons. The largest absolute Gasteiger partial charge is 0.410 e. The topological polar surface area (TPSA) is 56.4 Å². The Balaban J connectivity index is 0.000000791. The Morgan fingerprint density at radius 2 is 1.93 bits per heavy atom. The normalized spacial score (nSPS) is 9.71. The Labute approximate surface area is 84.3 Å². The van der Waals surface area contributed by atoms with Crippen LogP contribution in [0.2, 0.25) is 0 Å². The number of hydrogen-bond acceptors (Lipinski definition) is 3. The zero-order valence-corrected chi connectivity index (χ0v) is 8.65. The van der Waals surface area contributed by atoms with E-state index in [-0.39, 0.29) is 5.71 Å². The molecule has 0 aliphatic carbocycles. The zero-order valence-electron chi connectivity index (χ0n) is 8.65. The predicted molar refractivity (Wildman–Crippen MR) is 56.5 cm³/mol. The van der Waals surface area contributed by atoms with E-state index in [1.165, 1.54) is 0 Å². The highest BCUT2D eigenvalue weighted by molar-refractivity contribution is 6.12. The summed E-state index contributed by atoms with van der Waals surface area (Å²) < 4.78 is 0. The number of aryl methyl sites for hydroxylation is 1. The van der Waals surface area contributed by atoms with Crippen molar-refractivity contribution in [1.82, 2.24) is 0 Å². The van der Waals surface area contributed by atoms with E-state index >= 15 is 0 Å². The lowest BCUT2D eigenvalue weighted by atomic mass is 10.1. The summed E-state index contributed by atoms with van der Waals surface area (Å²) in [5.74, 6) is 0. The summed E-state index contributed by atoms with van der Waals surface area (Å²) in [5, 5.41) is 19.9. The average molecular weight is 190 g/mol. The van der Waals surface area contributed by atoms with Gasteiger partial charge in [0.15, 0.2) is 5.71 Å². The minimum Gasteiger partial charge on any atom is -0.410 e. The van der Waals surface area contributed by atoms with Crippen LogP contribution in [0.5, 0.6) is 0 Å². The standard InChI is InChI=1S/C9H8N2O.C2H6/c1-7-4-2-3-5-8(7)9(6-10)11-12;1-2/h2-5,12H,1H3;1-2H3. The molecule has 0 saturated carbocycles. The fourth-order valence-corrected chi connectivity index (χ4v) is 0.975. The van der Waals surface area contributed by atoms with Crippen LogP contribution in [0.1, 0.15) is 25.0 Å². The molecular weight excluding hydrogens is 176 g/mol. The molecule has 0 saturated heterocycles. The van der Waals surface area contributed by atoms with Gasteiger partial charge >= 0.3 is 0 Å². The smallest absolute Gasteiger partial charge is 0.186 e. The maximum atomic E-state index is 8.56. The summed E-state index contributed by atoms with van der Waals surface area (Å²) in [5.41, 5.74) is 1.64. The molecule has 0 bridgehead atoms. The van der Waals surface area contributed by atoms with Crippen LogP contribution in [-0.4, -0.2) is 10.9 Å². The molecule has 0 aromatic heterocycles. The number of benzene rings is 1. The van der Waals surface area contributed by atoms with Gasteiger partial charge in [-0.25, -0.2) is 0 Å².